The van der Waals surface area contributed by atoms with E-state index in [2.05, 4.69) is 5.32 Å². The minimum Gasteiger partial charge on any atom is -0.376 e. The molecule has 1 atom stereocenters. The summed E-state index contributed by atoms with van der Waals surface area (Å²) in [4.78, 5) is 44.2. The first-order valence-electron chi connectivity index (χ1n) is 6.47. The number of rotatable bonds is 7. The Balaban J connectivity index is 3.38. The van der Waals surface area contributed by atoms with Crippen molar-refractivity contribution in [1.82, 2.24) is 10.2 Å². The zero-order valence-electron chi connectivity index (χ0n) is 12.5. The van der Waals surface area contributed by atoms with Gasteiger partial charge in [0.15, 0.2) is 0 Å². The number of carbonyl (C=O) groups excluding carboxylic acids is 2. The van der Waals surface area contributed by atoms with Crippen LogP contribution in [-0.4, -0.2) is 57.5 Å². The second kappa shape index (κ2) is 6.02. The Morgan fingerprint density at radius 2 is 1.86 bits per heavy atom. The summed E-state index contributed by atoms with van der Waals surface area (Å²) in [5.41, 5.74) is -3.74. The molecule has 9 nitrogen and oxygen atoms in total. The standard InChI is InChI=1S/C11H21N2O7P/c1-5-19-7-11(20-6-2,21(16,17)18)13-8(14)10(3,4)12-9(13)15/h5-7H2,1-4H3,(H,12,15)(H2,16,17,18). The van der Waals surface area contributed by atoms with Gasteiger partial charge in [0.2, 0.25) is 0 Å². The van der Waals surface area contributed by atoms with Crippen LogP contribution in [0.15, 0.2) is 0 Å². The molecule has 0 spiro atoms. The van der Waals surface area contributed by atoms with Gasteiger partial charge in [-0.05, 0) is 27.7 Å². The average molecular weight is 324 g/mol. The van der Waals surface area contributed by atoms with Crippen molar-refractivity contribution in [3.63, 3.8) is 0 Å². The lowest BCUT2D eigenvalue weighted by molar-refractivity contribution is -0.157. The fourth-order valence-electron chi connectivity index (χ4n) is 2.00. The van der Waals surface area contributed by atoms with Crippen molar-refractivity contribution in [2.24, 2.45) is 0 Å². The number of hydrogen-bond acceptors (Lipinski definition) is 5. The summed E-state index contributed by atoms with van der Waals surface area (Å²) >= 11 is 0. The van der Waals surface area contributed by atoms with Gasteiger partial charge in [-0.25, -0.2) is 9.69 Å². The maximum absolute atomic E-state index is 12.3. The highest BCUT2D eigenvalue weighted by Crippen LogP contribution is 2.54. The van der Waals surface area contributed by atoms with Crippen LogP contribution in [0.1, 0.15) is 27.7 Å². The number of urea groups is 1. The number of nitrogens with one attached hydrogen (secondary N) is 1. The predicted octanol–water partition coefficient (Wildman–Crippen LogP) is 0.221. The molecule has 10 heteroatoms. The van der Waals surface area contributed by atoms with Crippen LogP contribution in [0.4, 0.5) is 4.79 Å². The van der Waals surface area contributed by atoms with Gasteiger partial charge in [0.25, 0.3) is 11.4 Å². The smallest absolute Gasteiger partial charge is 0.376 e. The zero-order chi connectivity index (χ0) is 16.5. The summed E-state index contributed by atoms with van der Waals surface area (Å²) in [7, 11) is -5.04. The first kappa shape index (κ1) is 18.1. The van der Waals surface area contributed by atoms with Gasteiger partial charge in [-0.1, -0.05) is 0 Å². The fourth-order valence-corrected chi connectivity index (χ4v) is 3.00. The average Bonchev–Trinajstić information content (AvgIpc) is 2.53. The van der Waals surface area contributed by atoms with Crippen LogP contribution < -0.4 is 5.32 Å². The molecular formula is C11H21N2O7P. The lowest BCUT2D eigenvalue weighted by Gasteiger charge is -2.38. The minimum absolute atomic E-state index is 0.115. The van der Waals surface area contributed by atoms with E-state index in [-0.39, 0.29) is 13.2 Å². The first-order valence-corrected chi connectivity index (χ1v) is 8.09. The van der Waals surface area contributed by atoms with Crippen molar-refractivity contribution in [2.75, 3.05) is 19.8 Å². The van der Waals surface area contributed by atoms with Crippen LogP contribution in [0.2, 0.25) is 0 Å². The van der Waals surface area contributed by atoms with E-state index in [0.717, 1.165) is 0 Å². The van der Waals surface area contributed by atoms with Gasteiger partial charge in [0.05, 0.1) is 0 Å². The zero-order valence-corrected chi connectivity index (χ0v) is 13.3. The number of amides is 3. The number of carbonyl (C=O) groups is 2. The lowest BCUT2D eigenvalue weighted by Crippen LogP contribution is -2.57. The molecule has 0 aromatic carbocycles. The Hall–Kier alpha value is -0.990. The molecule has 1 aliphatic rings. The van der Waals surface area contributed by atoms with Gasteiger partial charge in [-0.15, -0.1) is 0 Å². The van der Waals surface area contributed by atoms with Crippen LogP contribution in [-0.2, 0) is 18.8 Å². The Bertz CT molecular complexity index is 475. The highest BCUT2D eigenvalue weighted by atomic mass is 31.2. The van der Waals surface area contributed by atoms with E-state index in [9.17, 15) is 23.9 Å². The second-order valence-electron chi connectivity index (χ2n) is 5.05. The van der Waals surface area contributed by atoms with Gasteiger partial charge in [0.1, 0.15) is 12.1 Å². The SMILES string of the molecule is CCOCC(OCC)(N1C(=O)NC(C)(C)C1=O)P(=O)(O)O. The van der Waals surface area contributed by atoms with Crippen LogP contribution in [0, 0.1) is 0 Å². The molecule has 1 rings (SSSR count). The third-order valence-electron chi connectivity index (χ3n) is 3.03. The van der Waals surface area contributed by atoms with Crippen molar-refractivity contribution in [2.45, 2.75) is 38.7 Å². The number of ether oxygens (including phenoxy) is 2. The summed E-state index contributed by atoms with van der Waals surface area (Å²) < 4.78 is 22.2. The van der Waals surface area contributed by atoms with Crippen molar-refractivity contribution in [3.05, 3.63) is 0 Å². The molecule has 122 valence electrons. The molecule has 1 saturated heterocycles. The molecule has 1 aliphatic heterocycles. The highest BCUT2D eigenvalue weighted by Gasteiger charge is 2.63. The minimum atomic E-state index is -5.04. The molecule has 0 aliphatic carbocycles. The maximum Gasteiger partial charge on any atom is 0.381 e. The Morgan fingerprint density at radius 3 is 2.19 bits per heavy atom. The van der Waals surface area contributed by atoms with Crippen LogP contribution in [0.3, 0.4) is 0 Å². The van der Waals surface area contributed by atoms with E-state index in [4.69, 9.17) is 9.47 Å². The number of nitrogens with zero attached hydrogens (tertiary/aromatic N) is 1. The van der Waals surface area contributed by atoms with Crippen molar-refractivity contribution in [3.8, 4) is 0 Å². The van der Waals surface area contributed by atoms with Crippen LogP contribution in [0.25, 0.3) is 0 Å². The number of hydrogen-bond donors (Lipinski definition) is 3. The highest BCUT2D eigenvalue weighted by molar-refractivity contribution is 7.53. The van der Waals surface area contributed by atoms with Gasteiger partial charge >= 0.3 is 13.6 Å². The molecule has 0 bridgehead atoms. The maximum atomic E-state index is 12.3. The van der Waals surface area contributed by atoms with Gasteiger partial charge in [0, 0.05) is 13.2 Å². The van der Waals surface area contributed by atoms with Gasteiger partial charge < -0.3 is 24.6 Å². The quantitative estimate of drug-likeness (QED) is 0.452. The van der Waals surface area contributed by atoms with E-state index < -0.39 is 37.1 Å². The van der Waals surface area contributed by atoms with E-state index in [1.807, 2.05) is 0 Å². The lowest BCUT2D eigenvalue weighted by atomic mass is 10.1. The van der Waals surface area contributed by atoms with Crippen molar-refractivity contribution >= 4 is 19.5 Å². The van der Waals surface area contributed by atoms with Crippen molar-refractivity contribution in [1.29, 1.82) is 0 Å². The van der Waals surface area contributed by atoms with E-state index in [0.29, 0.717) is 4.90 Å². The van der Waals surface area contributed by atoms with E-state index >= 15 is 0 Å². The summed E-state index contributed by atoms with van der Waals surface area (Å²) in [5.74, 6) is -0.788. The molecular weight excluding hydrogens is 303 g/mol. The molecule has 21 heavy (non-hydrogen) atoms. The summed E-state index contributed by atoms with van der Waals surface area (Å²) in [6.07, 6.45) is 0. The van der Waals surface area contributed by atoms with E-state index in [1.54, 1.807) is 6.92 Å². The largest absolute Gasteiger partial charge is 0.381 e. The molecule has 0 aromatic rings. The second-order valence-corrected chi connectivity index (χ2v) is 6.84. The third kappa shape index (κ3) is 3.12. The van der Waals surface area contributed by atoms with Gasteiger partial charge in [-0.3, -0.25) is 9.36 Å². The molecule has 3 N–H and O–H groups in total. The topological polar surface area (TPSA) is 125 Å². The molecule has 0 radical (unpaired) electrons. The summed E-state index contributed by atoms with van der Waals surface area (Å²) in [5, 5.41) is 2.36. The Kier molecular flexibility index (Phi) is 5.18. The molecule has 3 amide bonds. The fraction of sp³-hybridized carbons (Fsp3) is 0.818. The van der Waals surface area contributed by atoms with Gasteiger partial charge in [-0.2, -0.15) is 0 Å². The molecule has 1 heterocycles. The molecule has 0 aromatic heterocycles. The first-order chi connectivity index (χ1) is 9.53. The molecule has 1 unspecified atom stereocenters. The summed E-state index contributed by atoms with van der Waals surface area (Å²) in [6, 6.07) is -0.929. The van der Waals surface area contributed by atoms with Crippen LogP contribution in [0.5, 0.6) is 0 Å². The third-order valence-corrected chi connectivity index (χ3v) is 4.40. The normalized spacial score (nSPS) is 21.3. The Labute approximate surface area is 122 Å². The molecule has 1 fully saturated rings. The van der Waals surface area contributed by atoms with Crippen LogP contribution >= 0.6 is 7.60 Å². The predicted molar refractivity (Wildman–Crippen MR) is 72.4 cm³/mol. The number of imide groups is 1. The monoisotopic (exact) mass is 324 g/mol. The molecule has 0 saturated carbocycles. The van der Waals surface area contributed by atoms with Crippen molar-refractivity contribution < 1.29 is 33.4 Å². The Morgan fingerprint density at radius 1 is 1.29 bits per heavy atom. The van der Waals surface area contributed by atoms with E-state index in [1.165, 1.54) is 20.8 Å². The summed E-state index contributed by atoms with van der Waals surface area (Å²) in [6.45, 7) is 5.40.